The normalized spacial score (nSPS) is 12.0. The summed E-state index contributed by atoms with van der Waals surface area (Å²) in [4.78, 5) is 12.8. The Morgan fingerprint density at radius 2 is 1.85 bits per heavy atom. The fourth-order valence-electron chi connectivity index (χ4n) is 1.58. The molecule has 0 saturated heterocycles. The monoisotopic (exact) mass is 283 g/mol. The first-order valence-corrected chi connectivity index (χ1v) is 7.11. The van der Waals surface area contributed by atoms with Gasteiger partial charge in [-0.2, -0.15) is 15.0 Å². The first kappa shape index (κ1) is 16.4. The third kappa shape index (κ3) is 5.56. The van der Waals surface area contributed by atoms with E-state index < -0.39 is 0 Å². The fourth-order valence-corrected chi connectivity index (χ4v) is 1.58. The van der Waals surface area contributed by atoms with Crippen LogP contribution >= 0.6 is 0 Å². The summed E-state index contributed by atoms with van der Waals surface area (Å²) in [5, 5.41) is 6.38. The SMILES string of the molecule is CCCNc1nc(NC(CC)COC)nc(OCC)n1. The van der Waals surface area contributed by atoms with E-state index in [4.69, 9.17) is 9.47 Å². The lowest BCUT2D eigenvalue weighted by atomic mass is 10.2. The molecule has 0 aliphatic carbocycles. The van der Waals surface area contributed by atoms with Crippen LogP contribution in [-0.4, -0.2) is 47.9 Å². The summed E-state index contributed by atoms with van der Waals surface area (Å²) in [6.07, 6.45) is 1.92. The van der Waals surface area contributed by atoms with Crippen molar-refractivity contribution >= 4 is 11.9 Å². The highest BCUT2D eigenvalue weighted by molar-refractivity contribution is 5.36. The van der Waals surface area contributed by atoms with Crippen LogP contribution in [0.2, 0.25) is 0 Å². The fraction of sp³-hybridized carbons (Fsp3) is 0.769. The maximum atomic E-state index is 5.37. The second-order valence-corrected chi connectivity index (χ2v) is 4.33. The third-order valence-electron chi connectivity index (χ3n) is 2.62. The van der Waals surface area contributed by atoms with Crippen molar-refractivity contribution in [3.05, 3.63) is 0 Å². The van der Waals surface area contributed by atoms with Crippen molar-refractivity contribution in [2.75, 3.05) is 37.5 Å². The molecule has 1 atom stereocenters. The van der Waals surface area contributed by atoms with Gasteiger partial charge in [0.05, 0.1) is 19.3 Å². The van der Waals surface area contributed by atoms with E-state index in [0.29, 0.717) is 31.1 Å². The van der Waals surface area contributed by atoms with Crippen LogP contribution in [0.15, 0.2) is 0 Å². The molecule has 0 bridgehead atoms. The molecule has 1 aromatic rings. The molecular formula is C13H25N5O2. The quantitative estimate of drug-likeness (QED) is 0.679. The Bertz CT molecular complexity index is 389. The summed E-state index contributed by atoms with van der Waals surface area (Å²) in [7, 11) is 1.68. The number of anilines is 2. The van der Waals surface area contributed by atoms with Gasteiger partial charge in [-0.1, -0.05) is 13.8 Å². The van der Waals surface area contributed by atoms with Crippen molar-refractivity contribution < 1.29 is 9.47 Å². The Morgan fingerprint density at radius 3 is 2.45 bits per heavy atom. The van der Waals surface area contributed by atoms with Crippen LogP contribution in [-0.2, 0) is 4.74 Å². The highest BCUT2D eigenvalue weighted by Gasteiger charge is 2.11. The molecule has 0 fully saturated rings. The van der Waals surface area contributed by atoms with Crippen LogP contribution in [0.25, 0.3) is 0 Å². The van der Waals surface area contributed by atoms with E-state index in [1.165, 1.54) is 0 Å². The Morgan fingerprint density at radius 1 is 1.10 bits per heavy atom. The van der Waals surface area contributed by atoms with Crippen LogP contribution in [0, 0.1) is 0 Å². The highest BCUT2D eigenvalue weighted by atomic mass is 16.5. The molecular weight excluding hydrogens is 258 g/mol. The molecule has 0 spiro atoms. The first-order valence-electron chi connectivity index (χ1n) is 7.11. The summed E-state index contributed by atoms with van der Waals surface area (Å²) in [5.41, 5.74) is 0. The second kappa shape index (κ2) is 9.30. The zero-order valence-electron chi connectivity index (χ0n) is 12.8. The summed E-state index contributed by atoms with van der Waals surface area (Å²) in [6, 6.07) is 0.492. The molecule has 0 radical (unpaired) electrons. The number of rotatable bonds is 10. The van der Waals surface area contributed by atoms with Gasteiger partial charge in [0.1, 0.15) is 0 Å². The number of hydrogen-bond acceptors (Lipinski definition) is 7. The largest absolute Gasteiger partial charge is 0.464 e. The lowest BCUT2D eigenvalue weighted by molar-refractivity contribution is 0.184. The van der Waals surface area contributed by atoms with E-state index in [1.807, 2.05) is 6.92 Å². The number of aromatic nitrogens is 3. The molecule has 7 nitrogen and oxygen atoms in total. The van der Waals surface area contributed by atoms with Crippen molar-refractivity contribution in [1.82, 2.24) is 15.0 Å². The molecule has 1 aromatic heterocycles. The van der Waals surface area contributed by atoms with Gasteiger partial charge in [0, 0.05) is 13.7 Å². The van der Waals surface area contributed by atoms with Gasteiger partial charge in [-0.15, -0.1) is 0 Å². The average molecular weight is 283 g/mol. The number of ether oxygens (including phenoxy) is 2. The number of methoxy groups -OCH3 is 1. The van der Waals surface area contributed by atoms with Crippen LogP contribution < -0.4 is 15.4 Å². The predicted molar refractivity (Wildman–Crippen MR) is 79.4 cm³/mol. The first-order chi connectivity index (χ1) is 9.73. The van der Waals surface area contributed by atoms with Gasteiger partial charge in [0.2, 0.25) is 11.9 Å². The minimum atomic E-state index is 0.163. The summed E-state index contributed by atoms with van der Waals surface area (Å²) < 4.78 is 10.5. The Balaban J connectivity index is 2.83. The van der Waals surface area contributed by atoms with Gasteiger partial charge in [-0.05, 0) is 19.8 Å². The lowest BCUT2D eigenvalue weighted by Gasteiger charge is -2.16. The van der Waals surface area contributed by atoms with Crippen molar-refractivity contribution in [3.8, 4) is 6.01 Å². The molecule has 7 heteroatoms. The average Bonchev–Trinajstić information content (AvgIpc) is 2.45. The maximum absolute atomic E-state index is 5.37. The molecule has 114 valence electrons. The van der Waals surface area contributed by atoms with Crippen molar-refractivity contribution in [2.45, 2.75) is 39.7 Å². The maximum Gasteiger partial charge on any atom is 0.323 e. The number of nitrogens with one attached hydrogen (secondary N) is 2. The van der Waals surface area contributed by atoms with Gasteiger partial charge in [0.25, 0.3) is 0 Å². The molecule has 0 aliphatic heterocycles. The van der Waals surface area contributed by atoms with Crippen molar-refractivity contribution in [1.29, 1.82) is 0 Å². The Hall–Kier alpha value is -1.63. The standard InChI is InChI=1S/C13H25N5O2/c1-5-8-14-11-16-12(15-10(6-2)9-19-4)18-13(17-11)20-7-3/h10H,5-9H2,1-4H3,(H2,14,15,16,17,18). The third-order valence-corrected chi connectivity index (χ3v) is 2.62. The molecule has 0 amide bonds. The number of nitrogens with zero attached hydrogens (tertiary/aromatic N) is 3. The molecule has 0 aromatic carbocycles. The van der Waals surface area contributed by atoms with E-state index in [0.717, 1.165) is 19.4 Å². The van der Waals surface area contributed by atoms with E-state index in [1.54, 1.807) is 7.11 Å². The molecule has 1 rings (SSSR count). The van der Waals surface area contributed by atoms with Gasteiger partial charge in [-0.3, -0.25) is 0 Å². The van der Waals surface area contributed by atoms with Gasteiger partial charge >= 0.3 is 6.01 Å². The zero-order chi connectivity index (χ0) is 14.8. The van der Waals surface area contributed by atoms with E-state index in [-0.39, 0.29) is 6.04 Å². The Labute approximate surface area is 120 Å². The van der Waals surface area contributed by atoms with Gasteiger partial charge < -0.3 is 20.1 Å². The van der Waals surface area contributed by atoms with Gasteiger partial charge in [-0.25, -0.2) is 0 Å². The van der Waals surface area contributed by atoms with E-state index >= 15 is 0 Å². The molecule has 1 unspecified atom stereocenters. The van der Waals surface area contributed by atoms with Crippen LogP contribution in [0.3, 0.4) is 0 Å². The zero-order valence-corrected chi connectivity index (χ0v) is 12.8. The second-order valence-electron chi connectivity index (χ2n) is 4.33. The molecule has 0 aliphatic rings. The molecule has 20 heavy (non-hydrogen) atoms. The number of hydrogen-bond donors (Lipinski definition) is 2. The predicted octanol–water partition coefficient (Wildman–Crippen LogP) is 1.93. The minimum absolute atomic E-state index is 0.163. The molecule has 1 heterocycles. The molecule has 2 N–H and O–H groups in total. The molecule has 0 saturated carbocycles. The van der Waals surface area contributed by atoms with Crippen LogP contribution in [0.5, 0.6) is 6.01 Å². The topological polar surface area (TPSA) is 81.2 Å². The van der Waals surface area contributed by atoms with E-state index in [2.05, 4.69) is 39.4 Å². The Kier molecular flexibility index (Phi) is 7.64. The summed E-state index contributed by atoms with van der Waals surface area (Å²) in [5.74, 6) is 1.03. The summed E-state index contributed by atoms with van der Waals surface area (Å²) in [6.45, 7) is 8.00. The highest BCUT2D eigenvalue weighted by Crippen LogP contribution is 2.13. The van der Waals surface area contributed by atoms with E-state index in [9.17, 15) is 0 Å². The van der Waals surface area contributed by atoms with Gasteiger partial charge in [0.15, 0.2) is 0 Å². The van der Waals surface area contributed by atoms with Crippen molar-refractivity contribution in [2.24, 2.45) is 0 Å². The smallest absolute Gasteiger partial charge is 0.323 e. The van der Waals surface area contributed by atoms with Crippen LogP contribution in [0.1, 0.15) is 33.6 Å². The van der Waals surface area contributed by atoms with Crippen LogP contribution in [0.4, 0.5) is 11.9 Å². The minimum Gasteiger partial charge on any atom is -0.464 e. The van der Waals surface area contributed by atoms with Crippen molar-refractivity contribution in [3.63, 3.8) is 0 Å². The summed E-state index contributed by atoms with van der Waals surface area (Å²) >= 11 is 0. The lowest BCUT2D eigenvalue weighted by Crippen LogP contribution is -2.25.